The Labute approximate surface area is 111 Å². The highest BCUT2D eigenvalue weighted by molar-refractivity contribution is 7.90. The molecule has 1 heterocycles. The number of nitrogens with one attached hydrogen (secondary N) is 1. The first kappa shape index (κ1) is 13.1. The molecule has 2 rings (SSSR count). The summed E-state index contributed by atoms with van der Waals surface area (Å²) in [7, 11) is -3.11. The molecule has 0 fully saturated rings. The molecular weight excluding hydrogens is 266 g/mol. The summed E-state index contributed by atoms with van der Waals surface area (Å²) in [5, 5.41) is 3.27. The Morgan fingerprint density at radius 2 is 1.78 bits per heavy atom. The lowest BCUT2D eigenvalue weighted by Gasteiger charge is -2.05. The van der Waals surface area contributed by atoms with Gasteiger partial charge in [-0.3, -0.25) is 0 Å². The topological polar surface area (TPSA) is 46.2 Å². The Hall–Kier alpha value is -1.33. The molecular formula is C13H15NO2S2. The number of anilines is 1. The molecule has 0 aliphatic carbocycles. The van der Waals surface area contributed by atoms with Crippen molar-refractivity contribution < 1.29 is 8.42 Å². The van der Waals surface area contributed by atoms with Crippen molar-refractivity contribution in [2.45, 2.75) is 18.4 Å². The molecule has 0 amide bonds. The summed E-state index contributed by atoms with van der Waals surface area (Å²) >= 11 is 1.76. The van der Waals surface area contributed by atoms with Gasteiger partial charge in [0.15, 0.2) is 9.84 Å². The van der Waals surface area contributed by atoms with E-state index in [1.165, 1.54) is 16.0 Å². The first-order valence-corrected chi connectivity index (χ1v) is 8.25. The Balaban J connectivity index is 2.03. The molecule has 2 aromatic rings. The zero-order valence-electron chi connectivity index (χ0n) is 10.3. The van der Waals surface area contributed by atoms with E-state index in [1.807, 2.05) is 0 Å². The number of hydrogen-bond acceptors (Lipinski definition) is 4. The molecule has 0 aliphatic heterocycles. The van der Waals surface area contributed by atoms with E-state index < -0.39 is 9.84 Å². The third-order valence-electron chi connectivity index (χ3n) is 2.55. The van der Waals surface area contributed by atoms with Crippen molar-refractivity contribution in [1.82, 2.24) is 0 Å². The number of aryl methyl sites for hydroxylation is 1. The molecule has 0 aliphatic rings. The fraction of sp³-hybridized carbons (Fsp3) is 0.231. The molecule has 0 saturated carbocycles. The van der Waals surface area contributed by atoms with Gasteiger partial charge in [0.05, 0.1) is 4.90 Å². The molecule has 0 saturated heterocycles. The van der Waals surface area contributed by atoms with Gasteiger partial charge >= 0.3 is 0 Å². The smallest absolute Gasteiger partial charge is 0.175 e. The highest BCUT2D eigenvalue weighted by Crippen LogP contribution is 2.18. The lowest BCUT2D eigenvalue weighted by molar-refractivity contribution is 0.602. The highest BCUT2D eigenvalue weighted by atomic mass is 32.2. The molecule has 0 atom stereocenters. The summed E-state index contributed by atoms with van der Waals surface area (Å²) in [6.45, 7) is 2.84. The number of thiophene rings is 1. The third-order valence-corrected chi connectivity index (χ3v) is 4.67. The average Bonchev–Trinajstić information content (AvgIpc) is 2.72. The van der Waals surface area contributed by atoms with Crippen LogP contribution in [0.25, 0.3) is 0 Å². The first-order valence-electron chi connectivity index (χ1n) is 5.54. The molecule has 5 heteroatoms. The van der Waals surface area contributed by atoms with E-state index in [0.717, 1.165) is 12.2 Å². The number of benzene rings is 1. The maximum atomic E-state index is 11.3. The van der Waals surface area contributed by atoms with Crippen LogP contribution in [0, 0.1) is 6.92 Å². The third kappa shape index (κ3) is 3.34. The molecule has 3 nitrogen and oxygen atoms in total. The number of rotatable bonds is 4. The summed E-state index contributed by atoms with van der Waals surface area (Å²) in [5.74, 6) is 0. The predicted molar refractivity (Wildman–Crippen MR) is 75.9 cm³/mol. The molecule has 0 bridgehead atoms. The van der Waals surface area contributed by atoms with Crippen LogP contribution < -0.4 is 5.32 Å². The van der Waals surface area contributed by atoms with Gasteiger partial charge in [-0.05, 0) is 43.3 Å². The van der Waals surface area contributed by atoms with Crippen LogP contribution in [0.1, 0.15) is 9.75 Å². The van der Waals surface area contributed by atoms with Gasteiger partial charge in [-0.15, -0.1) is 11.3 Å². The zero-order chi connectivity index (χ0) is 13.2. The van der Waals surface area contributed by atoms with Crippen LogP contribution in [0.3, 0.4) is 0 Å². The maximum absolute atomic E-state index is 11.3. The van der Waals surface area contributed by atoms with Gasteiger partial charge < -0.3 is 5.32 Å². The summed E-state index contributed by atoms with van der Waals surface area (Å²) in [4.78, 5) is 2.90. The predicted octanol–water partition coefficient (Wildman–Crippen LogP) is 3.07. The minimum Gasteiger partial charge on any atom is -0.380 e. The fourth-order valence-electron chi connectivity index (χ4n) is 1.59. The Bertz CT molecular complexity index is 627. The van der Waals surface area contributed by atoms with E-state index >= 15 is 0 Å². The lowest BCUT2D eigenvalue weighted by Crippen LogP contribution is -1.99. The zero-order valence-corrected chi connectivity index (χ0v) is 11.9. The van der Waals surface area contributed by atoms with Gasteiger partial charge in [0, 0.05) is 28.2 Å². The second-order valence-electron chi connectivity index (χ2n) is 4.16. The van der Waals surface area contributed by atoms with Crippen molar-refractivity contribution in [1.29, 1.82) is 0 Å². The molecule has 96 valence electrons. The molecule has 0 unspecified atom stereocenters. The summed E-state index contributed by atoms with van der Waals surface area (Å²) in [6, 6.07) is 11.0. The van der Waals surface area contributed by atoms with Crippen LogP contribution in [0.2, 0.25) is 0 Å². The van der Waals surface area contributed by atoms with Crippen molar-refractivity contribution in [2.75, 3.05) is 11.6 Å². The van der Waals surface area contributed by atoms with Gasteiger partial charge in [0.1, 0.15) is 0 Å². The monoisotopic (exact) mass is 281 g/mol. The first-order chi connectivity index (χ1) is 8.45. The standard InChI is InChI=1S/C13H15NO2S2/c1-10-3-6-12(17-10)9-14-11-4-7-13(8-5-11)18(2,15)16/h3-8,14H,9H2,1-2H3. The molecule has 1 aromatic heterocycles. The van der Waals surface area contributed by atoms with E-state index in [-0.39, 0.29) is 0 Å². The van der Waals surface area contributed by atoms with Crippen molar-refractivity contribution >= 4 is 26.9 Å². The van der Waals surface area contributed by atoms with E-state index in [9.17, 15) is 8.42 Å². The van der Waals surface area contributed by atoms with Gasteiger partial charge in [-0.2, -0.15) is 0 Å². The van der Waals surface area contributed by atoms with Crippen LogP contribution in [-0.4, -0.2) is 14.7 Å². The van der Waals surface area contributed by atoms with Crippen LogP contribution in [0.15, 0.2) is 41.3 Å². The molecule has 1 aromatic carbocycles. The maximum Gasteiger partial charge on any atom is 0.175 e. The van der Waals surface area contributed by atoms with Crippen molar-refractivity contribution in [2.24, 2.45) is 0 Å². The second-order valence-corrected chi connectivity index (χ2v) is 7.55. The van der Waals surface area contributed by atoms with Crippen LogP contribution >= 0.6 is 11.3 Å². The summed E-state index contributed by atoms with van der Waals surface area (Å²) in [6.07, 6.45) is 1.21. The van der Waals surface area contributed by atoms with Crippen LogP contribution in [0.5, 0.6) is 0 Å². The summed E-state index contributed by atoms with van der Waals surface area (Å²) in [5.41, 5.74) is 0.924. The van der Waals surface area contributed by atoms with Crippen molar-refractivity contribution in [3.8, 4) is 0 Å². The highest BCUT2D eigenvalue weighted by Gasteiger charge is 2.05. The van der Waals surface area contributed by atoms with Crippen LogP contribution in [-0.2, 0) is 16.4 Å². The largest absolute Gasteiger partial charge is 0.380 e. The number of hydrogen-bond donors (Lipinski definition) is 1. The Morgan fingerprint density at radius 3 is 2.28 bits per heavy atom. The van der Waals surface area contributed by atoms with E-state index in [4.69, 9.17) is 0 Å². The summed E-state index contributed by atoms with van der Waals surface area (Å²) < 4.78 is 22.6. The van der Waals surface area contributed by atoms with Crippen LogP contribution in [0.4, 0.5) is 5.69 Å². The van der Waals surface area contributed by atoms with Gasteiger partial charge in [-0.25, -0.2) is 8.42 Å². The molecule has 0 spiro atoms. The second kappa shape index (κ2) is 5.12. The molecule has 1 N–H and O–H groups in total. The lowest BCUT2D eigenvalue weighted by atomic mass is 10.3. The van der Waals surface area contributed by atoms with Crippen molar-refractivity contribution in [3.05, 3.63) is 46.2 Å². The minimum atomic E-state index is -3.11. The Morgan fingerprint density at radius 1 is 1.11 bits per heavy atom. The SMILES string of the molecule is Cc1ccc(CNc2ccc(S(C)(=O)=O)cc2)s1. The quantitative estimate of drug-likeness (QED) is 0.937. The Kier molecular flexibility index (Phi) is 3.73. The normalized spacial score (nSPS) is 11.4. The number of sulfone groups is 1. The fourth-order valence-corrected chi connectivity index (χ4v) is 3.05. The van der Waals surface area contributed by atoms with E-state index in [0.29, 0.717) is 4.90 Å². The van der Waals surface area contributed by atoms with E-state index in [2.05, 4.69) is 24.4 Å². The van der Waals surface area contributed by atoms with Crippen molar-refractivity contribution in [3.63, 3.8) is 0 Å². The van der Waals surface area contributed by atoms with E-state index in [1.54, 1.807) is 35.6 Å². The van der Waals surface area contributed by atoms with Gasteiger partial charge in [0.25, 0.3) is 0 Å². The van der Waals surface area contributed by atoms with Gasteiger partial charge in [0.2, 0.25) is 0 Å². The van der Waals surface area contributed by atoms with Gasteiger partial charge in [-0.1, -0.05) is 0 Å². The molecule has 18 heavy (non-hydrogen) atoms. The average molecular weight is 281 g/mol. The molecule has 0 radical (unpaired) electrons. The minimum absolute atomic E-state index is 0.347.